The zero-order valence-electron chi connectivity index (χ0n) is 8.46. The first kappa shape index (κ1) is 11.2. The normalized spacial score (nSPS) is 11.1. The van der Waals surface area contributed by atoms with E-state index in [-0.39, 0.29) is 11.4 Å². The summed E-state index contributed by atoms with van der Waals surface area (Å²) in [7, 11) is 1.55. The van der Waals surface area contributed by atoms with Gasteiger partial charge in [0.05, 0.1) is 6.20 Å². The highest BCUT2D eigenvalue weighted by Gasteiger charge is 2.30. The number of aromatic carboxylic acids is 1. The average Bonchev–Trinajstić information content (AvgIpc) is 2.82. The summed E-state index contributed by atoms with van der Waals surface area (Å²) in [5.41, 5.74) is -0.901. The number of aromatic nitrogens is 4. The van der Waals surface area contributed by atoms with Gasteiger partial charge in [-0.1, -0.05) is 10.4 Å². The van der Waals surface area contributed by atoms with Crippen LogP contribution in [0.2, 0.25) is 0 Å². The molecular weight excluding hydrogens is 238 g/mol. The molecule has 0 saturated heterocycles. The van der Waals surface area contributed by atoms with Gasteiger partial charge in [0, 0.05) is 7.05 Å². The number of aryl methyl sites for hydroxylation is 1. The van der Waals surface area contributed by atoms with E-state index < -0.39 is 23.7 Å². The second-order valence-corrected chi connectivity index (χ2v) is 3.15. The van der Waals surface area contributed by atoms with Crippen LogP contribution in [-0.4, -0.2) is 31.2 Å². The van der Waals surface area contributed by atoms with Gasteiger partial charge in [-0.2, -0.15) is 0 Å². The highest BCUT2D eigenvalue weighted by atomic mass is 19.3. The highest BCUT2D eigenvalue weighted by Crippen LogP contribution is 2.30. The average molecular weight is 244 g/mol. The number of halogens is 2. The van der Waals surface area contributed by atoms with Crippen LogP contribution in [0.15, 0.2) is 10.7 Å². The molecule has 90 valence electrons. The lowest BCUT2D eigenvalue weighted by molar-refractivity contribution is 0.0670. The van der Waals surface area contributed by atoms with E-state index in [1.54, 1.807) is 7.05 Å². The monoisotopic (exact) mass is 244 g/mol. The van der Waals surface area contributed by atoms with Crippen molar-refractivity contribution in [3.8, 4) is 11.4 Å². The lowest BCUT2D eigenvalue weighted by Crippen LogP contribution is -2.01. The lowest BCUT2D eigenvalue weighted by atomic mass is 10.1. The Bertz CT molecular complexity index is 563. The maximum absolute atomic E-state index is 12.5. The molecule has 2 aromatic heterocycles. The maximum atomic E-state index is 12.5. The van der Waals surface area contributed by atoms with Gasteiger partial charge in [-0.15, -0.1) is 5.10 Å². The number of hydrogen-bond donors (Lipinski definition) is 1. The van der Waals surface area contributed by atoms with E-state index in [9.17, 15) is 13.6 Å². The molecule has 0 aromatic carbocycles. The largest absolute Gasteiger partial charge is 0.477 e. The smallest absolute Gasteiger partial charge is 0.341 e. The zero-order chi connectivity index (χ0) is 12.6. The molecule has 0 bridgehead atoms. The molecule has 2 rings (SSSR count). The first-order valence-electron chi connectivity index (χ1n) is 4.38. The van der Waals surface area contributed by atoms with Crippen LogP contribution in [0.25, 0.3) is 11.4 Å². The van der Waals surface area contributed by atoms with E-state index in [2.05, 4.69) is 20.0 Å². The van der Waals surface area contributed by atoms with Crippen molar-refractivity contribution in [3.63, 3.8) is 0 Å². The molecule has 0 aliphatic heterocycles. The molecule has 0 aliphatic carbocycles. The summed E-state index contributed by atoms with van der Waals surface area (Å²) in [6, 6.07) is 0. The van der Waals surface area contributed by atoms with Crippen LogP contribution in [0.4, 0.5) is 8.78 Å². The topological polar surface area (TPSA) is 94.0 Å². The van der Waals surface area contributed by atoms with Crippen LogP contribution in [0.3, 0.4) is 0 Å². The second-order valence-electron chi connectivity index (χ2n) is 3.15. The van der Waals surface area contributed by atoms with Crippen LogP contribution < -0.4 is 0 Å². The highest BCUT2D eigenvalue weighted by molar-refractivity contribution is 5.95. The Kier molecular flexibility index (Phi) is 2.58. The predicted octanol–water partition coefficient (Wildman–Crippen LogP) is 1.11. The third-order valence-electron chi connectivity index (χ3n) is 1.98. The molecule has 0 amide bonds. The second kappa shape index (κ2) is 3.92. The van der Waals surface area contributed by atoms with Gasteiger partial charge >= 0.3 is 5.97 Å². The predicted molar refractivity (Wildman–Crippen MR) is 48.4 cm³/mol. The third kappa shape index (κ3) is 1.86. The Morgan fingerprint density at radius 3 is 2.76 bits per heavy atom. The summed E-state index contributed by atoms with van der Waals surface area (Å²) >= 11 is 0. The van der Waals surface area contributed by atoms with Crippen LogP contribution in [-0.2, 0) is 7.05 Å². The fraction of sp³-hybridized carbons (Fsp3) is 0.250. The molecular formula is C8H6F2N4O3. The Balaban J connectivity index is 2.59. The van der Waals surface area contributed by atoms with Gasteiger partial charge in [-0.3, -0.25) is 4.68 Å². The van der Waals surface area contributed by atoms with E-state index in [4.69, 9.17) is 5.11 Å². The Hall–Kier alpha value is -2.32. The van der Waals surface area contributed by atoms with Crippen molar-refractivity contribution in [3.05, 3.63) is 17.5 Å². The van der Waals surface area contributed by atoms with Crippen LogP contribution in [0, 0.1) is 0 Å². The summed E-state index contributed by atoms with van der Waals surface area (Å²) in [4.78, 5) is 10.9. The fourth-order valence-corrected chi connectivity index (χ4v) is 1.29. The Morgan fingerprint density at radius 1 is 1.59 bits per heavy atom. The molecule has 2 aromatic rings. The summed E-state index contributed by atoms with van der Waals surface area (Å²) in [5.74, 6) is -2.54. The van der Waals surface area contributed by atoms with Gasteiger partial charge in [0.15, 0.2) is 5.69 Å². The van der Waals surface area contributed by atoms with Crippen LogP contribution in [0.5, 0.6) is 0 Å². The van der Waals surface area contributed by atoms with Gasteiger partial charge in [0.1, 0.15) is 11.3 Å². The maximum Gasteiger partial charge on any atom is 0.341 e. The van der Waals surface area contributed by atoms with Gasteiger partial charge < -0.3 is 9.63 Å². The fourth-order valence-electron chi connectivity index (χ4n) is 1.29. The lowest BCUT2D eigenvalue weighted by Gasteiger charge is -1.95. The minimum Gasteiger partial charge on any atom is -0.477 e. The molecule has 0 fully saturated rings. The van der Waals surface area contributed by atoms with Crippen molar-refractivity contribution in [2.45, 2.75) is 6.43 Å². The summed E-state index contributed by atoms with van der Waals surface area (Å²) < 4.78 is 30.6. The van der Waals surface area contributed by atoms with E-state index in [0.29, 0.717) is 0 Å². The number of carboxylic acid groups (broad SMARTS) is 1. The number of carboxylic acids is 1. The molecule has 9 heteroatoms. The standard InChI is InChI=1S/C8H6F2N4O3/c1-14-2-3(11-13-14)5-4(8(15)16)6(7(9)10)17-12-5/h2,7H,1H3,(H,15,16). The Labute approximate surface area is 92.6 Å². The minimum atomic E-state index is -3.06. The van der Waals surface area contributed by atoms with Crippen LogP contribution >= 0.6 is 0 Å². The van der Waals surface area contributed by atoms with Gasteiger partial charge in [-0.05, 0) is 0 Å². The number of alkyl halides is 2. The van der Waals surface area contributed by atoms with Crippen molar-refractivity contribution < 1.29 is 23.2 Å². The first-order valence-corrected chi connectivity index (χ1v) is 4.38. The number of carbonyl (C=O) groups is 1. The van der Waals surface area contributed by atoms with E-state index >= 15 is 0 Å². The van der Waals surface area contributed by atoms with Crippen LogP contribution in [0.1, 0.15) is 22.5 Å². The molecule has 0 unspecified atom stereocenters. The molecule has 1 N–H and O–H groups in total. The SMILES string of the molecule is Cn1cc(-c2noc(C(F)F)c2C(=O)O)nn1. The molecule has 0 aliphatic rings. The minimum absolute atomic E-state index is 0.0561. The number of nitrogens with zero attached hydrogens (tertiary/aromatic N) is 4. The zero-order valence-corrected chi connectivity index (χ0v) is 8.46. The van der Waals surface area contributed by atoms with Gasteiger partial charge in [0.2, 0.25) is 5.76 Å². The third-order valence-corrected chi connectivity index (χ3v) is 1.98. The van der Waals surface area contributed by atoms with Gasteiger partial charge in [-0.25, -0.2) is 13.6 Å². The van der Waals surface area contributed by atoms with Crippen molar-refractivity contribution in [2.75, 3.05) is 0 Å². The number of rotatable bonds is 3. The van der Waals surface area contributed by atoms with E-state index in [1.807, 2.05) is 0 Å². The molecule has 0 saturated carbocycles. The molecule has 0 atom stereocenters. The number of hydrogen-bond acceptors (Lipinski definition) is 5. The molecule has 0 spiro atoms. The molecule has 2 heterocycles. The Morgan fingerprint density at radius 2 is 2.29 bits per heavy atom. The first-order chi connectivity index (χ1) is 8.00. The summed E-state index contributed by atoms with van der Waals surface area (Å²) in [6.07, 6.45) is -1.71. The summed E-state index contributed by atoms with van der Waals surface area (Å²) in [6.45, 7) is 0. The van der Waals surface area contributed by atoms with E-state index in [0.717, 1.165) is 0 Å². The molecule has 0 radical (unpaired) electrons. The quantitative estimate of drug-likeness (QED) is 0.868. The van der Waals surface area contributed by atoms with E-state index in [1.165, 1.54) is 10.9 Å². The van der Waals surface area contributed by atoms with Crippen molar-refractivity contribution in [1.82, 2.24) is 20.2 Å². The van der Waals surface area contributed by atoms with Crippen molar-refractivity contribution >= 4 is 5.97 Å². The van der Waals surface area contributed by atoms with Crippen molar-refractivity contribution in [2.24, 2.45) is 7.05 Å². The van der Waals surface area contributed by atoms with Crippen molar-refractivity contribution in [1.29, 1.82) is 0 Å². The molecule has 17 heavy (non-hydrogen) atoms. The molecule has 7 nitrogen and oxygen atoms in total. The van der Waals surface area contributed by atoms with Gasteiger partial charge in [0.25, 0.3) is 6.43 Å². The summed E-state index contributed by atoms with van der Waals surface area (Å²) in [5, 5.41) is 19.3.